The van der Waals surface area contributed by atoms with Gasteiger partial charge >= 0.3 is 0 Å². The fourth-order valence-corrected chi connectivity index (χ4v) is 3.98. The van der Waals surface area contributed by atoms with Crippen molar-refractivity contribution in [3.8, 4) is 0 Å². The molecular formula is C11H14N6O2S2. The Morgan fingerprint density at radius 3 is 2.86 bits per heavy atom. The number of tetrazole rings is 1. The SMILES string of the molecule is CNS(=O)(=O)c1cc(N)ccc1Sc1nnnn1C1CC1. The van der Waals surface area contributed by atoms with Gasteiger partial charge in [-0.25, -0.2) is 17.8 Å². The molecule has 0 saturated heterocycles. The number of hydrogen-bond donors (Lipinski definition) is 2. The average molecular weight is 326 g/mol. The summed E-state index contributed by atoms with van der Waals surface area (Å²) in [4.78, 5) is 0.663. The molecular weight excluding hydrogens is 312 g/mol. The van der Waals surface area contributed by atoms with E-state index in [1.165, 1.54) is 24.9 Å². The first-order valence-corrected chi connectivity index (χ1v) is 8.60. The molecule has 1 aromatic heterocycles. The first-order valence-electron chi connectivity index (χ1n) is 6.30. The number of hydrogen-bond acceptors (Lipinski definition) is 7. The largest absolute Gasteiger partial charge is 0.399 e. The zero-order valence-electron chi connectivity index (χ0n) is 11.2. The molecule has 0 spiro atoms. The summed E-state index contributed by atoms with van der Waals surface area (Å²) in [7, 11) is -2.24. The van der Waals surface area contributed by atoms with Crippen molar-refractivity contribution in [1.29, 1.82) is 0 Å². The van der Waals surface area contributed by atoms with Gasteiger partial charge in [-0.1, -0.05) is 0 Å². The summed E-state index contributed by atoms with van der Waals surface area (Å²) in [6, 6.07) is 5.07. The number of anilines is 1. The van der Waals surface area contributed by atoms with Gasteiger partial charge in [-0.15, -0.1) is 5.10 Å². The van der Waals surface area contributed by atoms with Crippen molar-refractivity contribution >= 4 is 27.5 Å². The van der Waals surface area contributed by atoms with Crippen molar-refractivity contribution < 1.29 is 8.42 Å². The van der Waals surface area contributed by atoms with Gasteiger partial charge in [0.05, 0.1) is 10.9 Å². The predicted molar refractivity (Wildman–Crippen MR) is 77.3 cm³/mol. The molecule has 2 aromatic rings. The highest BCUT2D eigenvalue weighted by Crippen LogP contribution is 2.39. The Morgan fingerprint density at radius 1 is 1.43 bits per heavy atom. The predicted octanol–water partition coefficient (Wildman–Crippen LogP) is 0.649. The lowest BCUT2D eigenvalue weighted by Gasteiger charge is -2.10. The highest BCUT2D eigenvalue weighted by atomic mass is 32.2. The van der Waals surface area contributed by atoms with Gasteiger partial charge in [0.2, 0.25) is 15.2 Å². The molecule has 0 amide bonds. The molecule has 1 saturated carbocycles. The van der Waals surface area contributed by atoms with Gasteiger partial charge in [0.1, 0.15) is 0 Å². The molecule has 8 nitrogen and oxygen atoms in total. The maximum atomic E-state index is 12.1. The van der Waals surface area contributed by atoms with Gasteiger partial charge in [-0.05, 0) is 60.3 Å². The Kier molecular flexibility index (Phi) is 3.59. The summed E-state index contributed by atoms with van der Waals surface area (Å²) >= 11 is 1.22. The fraction of sp³-hybridized carbons (Fsp3) is 0.364. The highest BCUT2D eigenvalue weighted by Gasteiger charge is 2.29. The van der Waals surface area contributed by atoms with Gasteiger partial charge in [-0.2, -0.15) is 0 Å². The second kappa shape index (κ2) is 5.28. The molecule has 3 rings (SSSR count). The Bertz CT molecular complexity index is 769. The molecule has 0 radical (unpaired) electrons. The van der Waals surface area contributed by atoms with Crippen molar-refractivity contribution in [3.05, 3.63) is 18.2 Å². The van der Waals surface area contributed by atoms with Crippen molar-refractivity contribution in [2.75, 3.05) is 12.8 Å². The number of nitrogens with zero attached hydrogens (tertiary/aromatic N) is 4. The number of aromatic nitrogens is 4. The Morgan fingerprint density at radius 2 is 2.19 bits per heavy atom. The highest BCUT2D eigenvalue weighted by molar-refractivity contribution is 8.00. The van der Waals surface area contributed by atoms with Crippen LogP contribution in [0.3, 0.4) is 0 Å². The third-order valence-corrected chi connectivity index (χ3v) is 5.69. The van der Waals surface area contributed by atoms with E-state index in [9.17, 15) is 8.42 Å². The maximum Gasteiger partial charge on any atom is 0.241 e. The number of sulfonamides is 1. The summed E-state index contributed by atoms with van der Waals surface area (Å²) in [6.07, 6.45) is 2.09. The average Bonchev–Trinajstić information content (AvgIpc) is 3.21. The fourth-order valence-electron chi connectivity index (χ4n) is 1.83. The molecule has 1 aliphatic rings. The third-order valence-electron chi connectivity index (χ3n) is 3.08. The molecule has 1 aliphatic carbocycles. The lowest BCUT2D eigenvalue weighted by molar-refractivity contribution is 0.565. The van der Waals surface area contributed by atoms with Gasteiger partial charge in [0.25, 0.3) is 0 Å². The minimum atomic E-state index is -3.60. The van der Waals surface area contributed by atoms with E-state index in [1.54, 1.807) is 16.8 Å². The molecule has 3 N–H and O–H groups in total. The van der Waals surface area contributed by atoms with E-state index in [4.69, 9.17) is 5.73 Å². The van der Waals surface area contributed by atoms with E-state index >= 15 is 0 Å². The minimum Gasteiger partial charge on any atom is -0.399 e. The van der Waals surface area contributed by atoms with E-state index in [2.05, 4.69) is 20.2 Å². The second-order valence-corrected chi connectivity index (χ2v) is 7.52. The Balaban J connectivity index is 2.00. The van der Waals surface area contributed by atoms with Crippen LogP contribution < -0.4 is 10.5 Å². The molecule has 0 bridgehead atoms. The molecule has 21 heavy (non-hydrogen) atoms. The van der Waals surface area contributed by atoms with Crippen LogP contribution in [0.5, 0.6) is 0 Å². The number of nitrogens with two attached hydrogens (primary N) is 1. The van der Waals surface area contributed by atoms with Crippen LogP contribution in [0.2, 0.25) is 0 Å². The van der Waals surface area contributed by atoms with Crippen molar-refractivity contribution in [3.63, 3.8) is 0 Å². The van der Waals surface area contributed by atoms with Crippen molar-refractivity contribution in [2.24, 2.45) is 0 Å². The summed E-state index contributed by atoms with van der Waals surface area (Å²) in [6.45, 7) is 0. The van der Waals surface area contributed by atoms with Crippen LogP contribution in [-0.4, -0.2) is 35.7 Å². The lowest BCUT2D eigenvalue weighted by Crippen LogP contribution is -2.19. The molecule has 0 aliphatic heterocycles. The van der Waals surface area contributed by atoms with Gasteiger partial charge in [0, 0.05) is 10.6 Å². The van der Waals surface area contributed by atoms with Crippen LogP contribution in [-0.2, 0) is 10.0 Å². The molecule has 1 heterocycles. The van der Waals surface area contributed by atoms with E-state index < -0.39 is 10.0 Å². The summed E-state index contributed by atoms with van der Waals surface area (Å²) in [5.74, 6) is 0. The Labute approximate surface area is 126 Å². The normalized spacial score (nSPS) is 15.3. The zero-order chi connectivity index (χ0) is 15.0. The monoisotopic (exact) mass is 326 g/mol. The minimum absolute atomic E-state index is 0.125. The van der Waals surface area contributed by atoms with Crippen LogP contribution >= 0.6 is 11.8 Å². The number of rotatable bonds is 5. The smallest absolute Gasteiger partial charge is 0.241 e. The van der Waals surface area contributed by atoms with Crippen LogP contribution in [0.1, 0.15) is 18.9 Å². The molecule has 112 valence electrons. The van der Waals surface area contributed by atoms with Crippen LogP contribution in [0.25, 0.3) is 0 Å². The first kappa shape index (κ1) is 14.3. The third kappa shape index (κ3) is 2.87. The zero-order valence-corrected chi connectivity index (χ0v) is 12.9. The molecule has 0 atom stereocenters. The first-order chi connectivity index (χ1) is 10.0. The quantitative estimate of drug-likeness (QED) is 0.775. The summed E-state index contributed by atoms with van der Waals surface area (Å²) in [5.41, 5.74) is 6.08. The summed E-state index contributed by atoms with van der Waals surface area (Å²) < 4.78 is 28.2. The van der Waals surface area contributed by atoms with Gasteiger partial charge in [-0.3, -0.25) is 0 Å². The number of nitrogen functional groups attached to an aromatic ring is 1. The maximum absolute atomic E-state index is 12.1. The van der Waals surface area contributed by atoms with E-state index in [0.717, 1.165) is 12.8 Å². The van der Waals surface area contributed by atoms with Gasteiger partial charge in [0.15, 0.2) is 0 Å². The standard InChI is InChI=1S/C11H14N6O2S2/c1-13-21(18,19)10-6-7(12)2-5-9(10)20-11-14-15-16-17(11)8-3-4-8/h2,5-6,8,13H,3-4,12H2,1H3. The number of benzene rings is 1. The molecule has 0 unspecified atom stereocenters. The Hall–Kier alpha value is -1.65. The van der Waals surface area contributed by atoms with Crippen LogP contribution in [0, 0.1) is 0 Å². The second-order valence-electron chi connectivity index (χ2n) is 4.65. The van der Waals surface area contributed by atoms with E-state index in [-0.39, 0.29) is 4.90 Å². The van der Waals surface area contributed by atoms with Crippen molar-refractivity contribution in [1.82, 2.24) is 24.9 Å². The molecule has 10 heteroatoms. The van der Waals surface area contributed by atoms with Gasteiger partial charge < -0.3 is 5.73 Å². The van der Waals surface area contributed by atoms with E-state index in [0.29, 0.717) is 21.8 Å². The van der Waals surface area contributed by atoms with Crippen molar-refractivity contribution in [2.45, 2.75) is 33.8 Å². The summed E-state index contributed by atoms with van der Waals surface area (Å²) in [5, 5.41) is 12.2. The topological polar surface area (TPSA) is 116 Å². The number of nitrogens with one attached hydrogen (secondary N) is 1. The lowest BCUT2D eigenvalue weighted by atomic mass is 10.3. The van der Waals surface area contributed by atoms with Crippen LogP contribution in [0.4, 0.5) is 5.69 Å². The molecule has 1 fully saturated rings. The van der Waals surface area contributed by atoms with Crippen LogP contribution in [0.15, 0.2) is 33.1 Å². The molecule has 1 aromatic carbocycles. The van der Waals surface area contributed by atoms with E-state index in [1.807, 2.05) is 0 Å².